The fraction of sp³-hybridized carbons (Fsp3) is 0.881. The standard InChI is InChI=1S/C41H64O11.CH4O/c1-8-24(42)19-33(49-22-32(45)46)51-29-18-25(43)21-50-36(29)52-31-11-13-39(5)30(37(31,2)3)10-14-41(7)34(39)28(44)20-27-26-17-23(35(47)48)9-12-38(26,4)15-16-40(27,41)6;1-2/h20,23-26,29-31,33-34,36,42-43H,8-19,21-22H2,1-7H3,(H,45,46)(H,47,48);2H,1H3/t23?,24?,25?,26?,29?,30?,31?,33?,34?,36?,38?,39?,40-,41?;/m1./s1. The van der Waals surface area contributed by atoms with E-state index in [-0.39, 0.29) is 82.1 Å². The van der Waals surface area contributed by atoms with Gasteiger partial charge in [-0.15, -0.1) is 0 Å². The van der Waals surface area contributed by atoms with Crippen LogP contribution in [0.2, 0.25) is 0 Å². The largest absolute Gasteiger partial charge is 0.481 e. The molecular formula is C42H68O12. The molecule has 0 spiro atoms. The SMILES string of the molecule is CCC(O)CC(OCC(=O)O)OC1CC(O)COC1OC1CCC2(C)C(CCC3(C)C2C(=O)C=C2C4CC(C(=O)O)CCC4(C)CC[C@]23C)C1(C)C.CO. The summed E-state index contributed by atoms with van der Waals surface area (Å²) in [6, 6.07) is 0. The predicted octanol–water partition coefficient (Wildman–Crippen LogP) is 5.74. The highest BCUT2D eigenvalue weighted by molar-refractivity contribution is 5.95. The van der Waals surface area contributed by atoms with Crippen molar-refractivity contribution in [2.45, 2.75) is 163 Å². The lowest BCUT2D eigenvalue weighted by molar-refractivity contribution is -0.316. The van der Waals surface area contributed by atoms with Crippen molar-refractivity contribution in [1.29, 1.82) is 0 Å². The number of aliphatic hydroxyl groups is 3. The van der Waals surface area contributed by atoms with Gasteiger partial charge < -0.3 is 44.5 Å². The van der Waals surface area contributed by atoms with E-state index >= 15 is 0 Å². The van der Waals surface area contributed by atoms with Gasteiger partial charge in [-0.2, -0.15) is 0 Å². The second-order valence-corrected chi connectivity index (χ2v) is 19.0. The molecule has 54 heavy (non-hydrogen) atoms. The van der Waals surface area contributed by atoms with Crippen LogP contribution in [0.25, 0.3) is 0 Å². The van der Waals surface area contributed by atoms with E-state index in [9.17, 15) is 34.8 Å². The van der Waals surface area contributed by atoms with Gasteiger partial charge in [-0.3, -0.25) is 9.59 Å². The van der Waals surface area contributed by atoms with E-state index in [0.29, 0.717) is 25.7 Å². The Bertz CT molecular complexity index is 1410. The van der Waals surface area contributed by atoms with E-state index < -0.39 is 49.4 Å². The summed E-state index contributed by atoms with van der Waals surface area (Å²) in [7, 11) is 1.00. The van der Waals surface area contributed by atoms with Gasteiger partial charge in [0, 0.05) is 25.9 Å². The van der Waals surface area contributed by atoms with Crippen molar-refractivity contribution >= 4 is 17.7 Å². The van der Waals surface area contributed by atoms with Crippen LogP contribution in [0, 0.1) is 50.7 Å². The van der Waals surface area contributed by atoms with Gasteiger partial charge in [-0.05, 0) is 109 Å². The number of ether oxygens (including phenoxy) is 4. The van der Waals surface area contributed by atoms with Gasteiger partial charge in [-0.25, -0.2) is 4.79 Å². The highest BCUT2D eigenvalue weighted by Gasteiger charge is 2.70. The molecule has 5 fully saturated rings. The molecule has 14 atom stereocenters. The molecule has 1 aliphatic heterocycles. The lowest BCUT2D eigenvalue weighted by Crippen LogP contribution is -2.67. The van der Waals surface area contributed by atoms with Crippen LogP contribution >= 0.6 is 0 Å². The summed E-state index contributed by atoms with van der Waals surface area (Å²) in [6.07, 6.45) is 5.96. The second-order valence-electron chi connectivity index (χ2n) is 19.0. The molecule has 1 heterocycles. The van der Waals surface area contributed by atoms with Crippen molar-refractivity contribution in [3.05, 3.63) is 11.6 Å². The number of carbonyl (C=O) groups excluding carboxylic acids is 1. The number of fused-ring (bicyclic) bond motifs is 7. The van der Waals surface area contributed by atoms with Crippen LogP contribution in [0.3, 0.4) is 0 Å². The molecule has 308 valence electrons. The number of rotatable bonds is 11. The van der Waals surface area contributed by atoms with Gasteiger partial charge in [-0.1, -0.05) is 54.0 Å². The number of hydrogen-bond donors (Lipinski definition) is 5. The summed E-state index contributed by atoms with van der Waals surface area (Å²) in [5.74, 6) is -1.90. The average molecular weight is 765 g/mol. The van der Waals surface area contributed by atoms with Crippen LogP contribution in [0.4, 0.5) is 0 Å². The lowest BCUT2D eigenvalue weighted by atomic mass is 9.33. The quantitative estimate of drug-likeness (QED) is 0.127. The Kier molecular flexibility index (Phi) is 12.9. The summed E-state index contributed by atoms with van der Waals surface area (Å²) in [6.45, 7) is 15.2. The molecular weight excluding hydrogens is 696 g/mol. The van der Waals surface area contributed by atoms with Gasteiger partial charge >= 0.3 is 11.9 Å². The van der Waals surface area contributed by atoms with E-state index in [1.807, 2.05) is 13.0 Å². The zero-order valence-corrected chi connectivity index (χ0v) is 33.8. The molecule has 0 aromatic rings. The zero-order chi connectivity index (χ0) is 40.0. The van der Waals surface area contributed by atoms with E-state index in [2.05, 4.69) is 41.5 Å². The number of allylic oxidation sites excluding steroid dienone is 2. The second kappa shape index (κ2) is 16.1. The Hall–Kier alpha value is -1.93. The van der Waals surface area contributed by atoms with Crippen LogP contribution in [-0.2, 0) is 33.3 Å². The van der Waals surface area contributed by atoms with Crippen LogP contribution in [-0.4, -0.2) is 101 Å². The zero-order valence-electron chi connectivity index (χ0n) is 33.8. The monoisotopic (exact) mass is 764 g/mol. The Balaban J connectivity index is 0.00000276. The average Bonchev–Trinajstić information content (AvgIpc) is 3.10. The molecule has 1 saturated heterocycles. The number of ketones is 1. The molecule has 5 aliphatic carbocycles. The Labute approximate surface area is 321 Å². The first-order chi connectivity index (χ1) is 25.3. The molecule has 4 saturated carbocycles. The number of carboxylic acid groups (broad SMARTS) is 2. The van der Waals surface area contributed by atoms with Crippen molar-refractivity contribution in [3.63, 3.8) is 0 Å². The topological polar surface area (TPSA) is 189 Å². The Morgan fingerprint density at radius 3 is 2.31 bits per heavy atom. The van der Waals surface area contributed by atoms with E-state index in [1.165, 1.54) is 5.57 Å². The first-order valence-corrected chi connectivity index (χ1v) is 20.3. The van der Waals surface area contributed by atoms with Gasteiger partial charge in [0.05, 0.1) is 30.8 Å². The summed E-state index contributed by atoms with van der Waals surface area (Å²) in [4.78, 5) is 38.2. The fourth-order valence-corrected chi connectivity index (χ4v) is 12.6. The molecule has 12 heteroatoms. The summed E-state index contributed by atoms with van der Waals surface area (Å²) >= 11 is 0. The third-order valence-electron chi connectivity index (χ3n) is 15.8. The van der Waals surface area contributed by atoms with Crippen LogP contribution < -0.4 is 0 Å². The predicted molar refractivity (Wildman–Crippen MR) is 199 cm³/mol. The molecule has 0 aromatic carbocycles. The first-order valence-electron chi connectivity index (χ1n) is 20.3. The highest BCUT2D eigenvalue weighted by Crippen LogP contribution is 2.74. The van der Waals surface area contributed by atoms with Crippen molar-refractivity contribution in [1.82, 2.24) is 0 Å². The van der Waals surface area contributed by atoms with Crippen molar-refractivity contribution in [2.24, 2.45) is 50.7 Å². The van der Waals surface area contributed by atoms with E-state index in [4.69, 9.17) is 24.1 Å². The van der Waals surface area contributed by atoms with Gasteiger partial charge in [0.2, 0.25) is 0 Å². The lowest BCUT2D eigenvalue weighted by Gasteiger charge is -2.70. The maximum atomic E-state index is 14.7. The minimum Gasteiger partial charge on any atom is -0.481 e. The summed E-state index contributed by atoms with van der Waals surface area (Å²) < 4.78 is 24.6. The minimum atomic E-state index is -1.15. The fourth-order valence-electron chi connectivity index (χ4n) is 12.6. The Morgan fingerprint density at radius 2 is 1.67 bits per heavy atom. The summed E-state index contributed by atoms with van der Waals surface area (Å²) in [5, 5.41) is 47.1. The van der Waals surface area contributed by atoms with Gasteiger partial charge in [0.15, 0.2) is 18.4 Å². The van der Waals surface area contributed by atoms with Crippen molar-refractivity contribution in [3.8, 4) is 0 Å². The number of carboxylic acids is 2. The number of aliphatic carboxylic acids is 2. The van der Waals surface area contributed by atoms with Crippen molar-refractivity contribution in [2.75, 3.05) is 20.3 Å². The molecule has 6 aliphatic rings. The molecule has 0 aromatic heterocycles. The smallest absolute Gasteiger partial charge is 0.329 e. The number of hydrogen-bond acceptors (Lipinski definition) is 10. The third kappa shape index (κ3) is 7.59. The molecule has 13 unspecified atom stereocenters. The number of carbonyl (C=O) groups is 3. The maximum Gasteiger partial charge on any atom is 0.329 e. The third-order valence-corrected chi connectivity index (χ3v) is 15.8. The van der Waals surface area contributed by atoms with Crippen molar-refractivity contribution < 1.29 is 58.9 Å². The highest BCUT2D eigenvalue weighted by atomic mass is 16.7. The molecule has 5 N–H and O–H groups in total. The molecule has 12 nitrogen and oxygen atoms in total. The summed E-state index contributed by atoms with van der Waals surface area (Å²) in [5.41, 5.74) is 0.180. The minimum absolute atomic E-state index is 0.0241. The van der Waals surface area contributed by atoms with Crippen LogP contribution in [0.5, 0.6) is 0 Å². The van der Waals surface area contributed by atoms with E-state index in [1.54, 1.807) is 0 Å². The molecule has 0 bridgehead atoms. The maximum absolute atomic E-state index is 14.7. The van der Waals surface area contributed by atoms with Gasteiger partial charge in [0.1, 0.15) is 12.7 Å². The molecule has 0 amide bonds. The van der Waals surface area contributed by atoms with Gasteiger partial charge in [0.25, 0.3) is 0 Å². The normalized spacial score (nSPS) is 43.8. The van der Waals surface area contributed by atoms with Crippen LogP contribution in [0.1, 0.15) is 126 Å². The molecule has 6 rings (SSSR count). The molecule has 0 radical (unpaired) electrons. The van der Waals surface area contributed by atoms with E-state index in [0.717, 1.165) is 45.6 Å². The Morgan fingerprint density at radius 1 is 0.963 bits per heavy atom. The first kappa shape index (κ1) is 43.2. The van der Waals surface area contributed by atoms with Crippen LogP contribution in [0.15, 0.2) is 11.6 Å². The number of aliphatic hydroxyl groups excluding tert-OH is 3.